The Labute approximate surface area is 347 Å². The molecule has 10 atom stereocenters. The number of nitrogens with zero attached hydrogens (tertiary/aromatic N) is 3. The molecule has 6 aliphatic rings. The summed E-state index contributed by atoms with van der Waals surface area (Å²) in [6.45, 7) is 10.9. The van der Waals surface area contributed by atoms with Crippen molar-refractivity contribution in [2.24, 2.45) is 16.7 Å². The summed E-state index contributed by atoms with van der Waals surface area (Å²) >= 11 is 0. The smallest absolute Gasteiger partial charge is 0.322 e. The molecule has 3 aromatic rings. The number of ether oxygens (including phenoxy) is 2. The van der Waals surface area contributed by atoms with Gasteiger partial charge in [0.15, 0.2) is 5.60 Å². The fourth-order valence-corrected chi connectivity index (χ4v) is 13.7. The predicted molar refractivity (Wildman–Crippen MR) is 227 cm³/mol. The number of aromatic amines is 1. The first kappa shape index (κ1) is 40.5. The van der Waals surface area contributed by atoms with Crippen LogP contribution >= 0.6 is 0 Å². The van der Waals surface area contributed by atoms with Crippen LogP contribution in [0.1, 0.15) is 81.7 Å². The number of amides is 1. The van der Waals surface area contributed by atoms with Crippen molar-refractivity contribution in [3.8, 4) is 5.75 Å². The molecule has 12 heteroatoms. The molecule has 5 N–H and O–H groups in total. The number of anilines is 1. The highest BCUT2D eigenvalue weighted by Crippen LogP contribution is 2.67. The minimum Gasteiger partial charge on any atom is -0.496 e. The minimum atomic E-state index is -2.24. The quantitative estimate of drug-likeness (QED) is 0.122. The number of fused-ring (bicyclic) bond motifs is 6. The molecule has 2 saturated heterocycles. The van der Waals surface area contributed by atoms with Crippen molar-refractivity contribution in [2.45, 2.75) is 100 Å². The third-order valence-electron chi connectivity index (χ3n) is 16.2. The molecule has 318 valence electrons. The second-order valence-electron chi connectivity index (χ2n) is 19.0. The Bertz CT molecular complexity index is 2190. The minimum absolute atomic E-state index is 0.0816. The van der Waals surface area contributed by atoms with E-state index in [1.807, 2.05) is 31.0 Å². The number of likely N-dealkylation sites (N-methyl/N-ethyl adjacent to an activating group) is 1. The van der Waals surface area contributed by atoms with Crippen LogP contribution in [-0.4, -0.2) is 133 Å². The first-order valence-corrected chi connectivity index (χ1v) is 21.9. The monoisotopic (exact) mass is 809 g/mol. The summed E-state index contributed by atoms with van der Waals surface area (Å²) < 4.78 is 12.4. The van der Waals surface area contributed by atoms with Crippen LogP contribution in [0.25, 0.3) is 10.9 Å². The van der Waals surface area contributed by atoms with Crippen LogP contribution in [0.5, 0.6) is 5.75 Å². The van der Waals surface area contributed by atoms with Crippen LogP contribution < -0.4 is 15.0 Å². The van der Waals surface area contributed by atoms with Gasteiger partial charge in [0.05, 0.1) is 20.3 Å². The number of nitrogens with one attached hydrogen (secondary N) is 2. The molecular formula is C47H63N5O7. The maximum atomic E-state index is 15.4. The van der Waals surface area contributed by atoms with Crippen molar-refractivity contribution in [1.82, 2.24) is 20.1 Å². The Balaban J connectivity index is 1.34. The SMILES string of the molecule is CCC1(C)C[C@H]2CN(CCc3c([nH]c4ccccc34)[C@@](C(=O)OC)(c3cc4c(cc3OC)N(C)C3[C@]45CCN4CC=C[C@](CC)(C45)[C@@H](O)[C@]3(O)C(=O)NCCCO)C2)C1. The predicted octanol–water partition coefficient (Wildman–Crippen LogP) is 4.02. The third-order valence-corrected chi connectivity index (χ3v) is 16.2. The van der Waals surface area contributed by atoms with Gasteiger partial charge in [-0.05, 0) is 86.1 Å². The number of aliphatic hydroxyl groups is 3. The number of piperidine rings is 1. The second-order valence-corrected chi connectivity index (χ2v) is 19.0. The van der Waals surface area contributed by atoms with E-state index >= 15 is 4.79 Å². The molecule has 9 rings (SSSR count). The molecule has 1 saturated carbocycles. The summed E-state index contributed by atoms with van der Waals surface area (Å²) in [6, 6.07) is 11.4. The van der Waals surface area contributed by atoms with Crippen molar-refractivity contribution in [3.63, 3.8) is 0 Å². The van der Waals surface area contributed by atoms with Gasteiger partial charge in [-0.1, -0.05) is 51.1 Å². The average Bonchev–Trinajstić information content (AvgIpc) is 3.90. The Kier molecular flexibility index (Phi) is 9.83. The summed E-state index contributed by atoms with van der Waals surface area (Å²) in [5, 5.41) is 39.5. The number of rotatable bonds is 9. The van der Waals surface area contributed by atoms with Gasteiger partial charge in [-0.15, -0.1) is 0 Å². The van der Waals surface area contributed by atoms with Crippen LogP contribution in [-0.2, 0) is 31.6 Å². The van der Waals surface area contributed by atoms with E-state index in [2.05, 4.69) is 70.4 Å². The number of esters is 1. The standard InChI is InChI=1S/C47H63N5O7/c1-7-43(3)25-29-26-46(42(56)59-6,37-31(15-20-51(27-29)28-43)30-13-9-10-14-34(30)49-37)33-23-32-35(24-36(33)58-5)50(4)39-45(32)17-21-52-19-11-16-44(8-2,38(45)52)40(54)47(39,57)41(55)48-18-12-22-53/h9-11,13-14,16,23-24,29,38-40,49,53-54,57H,7-8,12,15,17-22,25-28H2,1-6H3,(H,48,55)/t29-,38?,39?,40-,43?,44-,45-,46+,47+/m1/s1. The maximum Gasteiger partial charge on any atom is 0.322 e. The highest BCUT2D eigenvalue weighted by Gasteiger charge is 2.78. The van der Waals surface area contributed by atoms with Crippen LogP contribution in [0.2, 0.25) is 0 Å². The number of carbonyl (C=O) groups excluding carboxylic acids is 2. The van der Waals surface area contributed by atoms with E-state index in [1.165, 1.54) is 7.11 Å². The Morgan fingerprint density at radius 3 is 2.58 bits per heavy atom. The van der Waals surface area contributed by atoms with Gasteiger partial charge in [0.25, 0.3) is 5.91 Å². The first-order valence-electron chi connectivity index (χ1n) is 21.9. The lowest BCUT2D eigenvalue weighted by atomic mass is 9.47. The van der Waals surface area contributed by atoms with Gasteiger partial charge in [-0.3, -0.25) is 14.5 Å². The van der Waals surface area contributed by atoms with E-state index < -0.39 is 39.9 Å². The van der Waals surface area contributed by atoms with Gasteiger partial charge in [0.2, 0.25) is 0 Å². The molecule has 4 unspecified atom stereocenters. The largest absolute Gasteiger partial charge is 0.496 e. The Hall–Kier alpha value is -3.94. The van der Waals surface area contributed by atoms with Crippen molar-refractivity contribution in [2.75, 3.05) is 72.0 Å². The van der Waals surface area contributed by atoms with E-state index in [4.69, 9.17) is 9.47 Å². The van der Waals surface area contributed by atoms with Gasteiger partial charge in [-0.25, -0.2) is 0 Å². The second kappa shape index (κ2) is 14.3. The molecule has 5 aliphatic heterocycles. The number of benzene rings is 2. The lowest BCUT2D eigenvalue weighted by molar-refractivity contribution is -0.203. The molecule has 12 nitrogen and oxygen atoms in total. The molecule has 0 radical (unpaired) electrons. The van der Waals surface area contributed by atoms with E-state index in [9.17, 15) is 20.1 Å². The zero-order valence-electron chi connectivity index (χ0n) is 35.6. The zero-order valence-corrected chi connectivity index (χ0v) is 35.6. The summed E-state index contributed by atoms with van der Waals surface area (Å²) in [5.41, 5.74) is 0.117. The number of hydrogen-bond acceptors (Lipinski definition) is 10. The van der Waals surface area contributed by atoms with Crippen LogP contribution in [0.15, 0.2) is 48.6 Å². The van der Waals surface area contributed by atoms with Crippen LogP contribution in [0, 0.1) is 16.7 Å². The fraction of sp³-hybridized carbons (Fsp3) is 0.617. The van der Waals surface area contributed by atoms with E-state index in [0.717, 1.165) is 72.3 Å². The summed E-state index contributed by atoms with van der Waals surface area (Å²) in [4.78, 5) is 40.8. The highest BCUT2D eigenvalue weighted by atomic mass is 16.5. The zero-order chi connectivity index (χ0) is 41.7. The molecule has 2 aromatic carbocycles. The summed E-state index contributed by atoms with van der Waals surface area (Å²) in [7, 11) is 5.04. The molecule has 3 fully saturated rings. The Morgan fingerprint density at radius 2 is 1.85 bits per heavy atom. The first-order chi connectivity index (χ1) is 28.3. The highest BCUT2D eigenvalue weighted by molar-refractivity contribution is 5.95. The summed E-state index contributed by atoms with van der Waals surface area (Å²) in [5.74, 6) is -0.310. The number of aromatic nitrogens is 1. The number of hydrogen-bond donors (Lipinski definition) is 5. The van der Waals surface area contributed by atoms with Gasteiger partial charge in [0, 0.05) is 97.2 Å². The van der Waals surface area contributed by atoms with E-state index in [1.54, 1.807) is 7.11 Å². The fourth-order valence-electron chi connectivity index (χ4n) is 13.7. The van der Waals surface area contributed by atoms with Gasteiger partial charge in [0.1, 0.15) is 17.3 Å². The number of aliphatic hydroxyl groups excluding tert-OH is 2. The van der Waals surface area contributed by atoms with E-state index in [-0.39, 0.29) is 36.5 Å². The van der Waals surface area contributed by atoms with Crippen molar-refractivity contribution in [3.05, 3.63) is 70.9 Å². The number of para-hydroxylation sites is 1. The maximum absolute atomic E-state index is 15.4. The van der Waals surface area contributed by atoms with Crippen molar-refractivity contribution >= 4 is 28.5 Å². The van der Waals surface area contributed by atoms with Crippen molar-refractivity contribution in [1.29, 1.82) is 0 Å². The molecule has 59 heavy (non-hydrogen) atoms. The van der Waals surface area contributed by atoms with Gasteiger partial charge < -0.3 is 44.9 Å². The number of carbonyl (C=O) groups is 2. The molecule has 1 amide bonds. The summed E-state index contributed by atoms with van der Waals surface area (Å²) in [6.07, 6.45) is 7.40. The average molecular weight is 810 g/mol. The lowest BCUT2D eigenvalue weighted by Gasteiger charge is -2.63. The van der Waals surface area contributed by atoms with E-state index in [0.29, 0.717) is 50.1 Å². The molecule has 1 aromatic heterocycles. The van der Waals surface area contributed by atoms with Crippen LogP contribution in [0.4, 0.5) is 5.69 Å². The van der Waals surface area contributed by atoms with Gasteiger partial charge in [-0.2, -0.15) is 0 Å². The molecule has 1 spiro atoms. The molecule has 1 aliphatic carbocycles. The topological polar surface area (TPSA) is 151 Å². The lowest BCUT2D eigenvalue weighted by Crippen LogP contribution is -2.81. The number of H-pyrrole nitrogens is 1. The van der Waals surface area contributed by atoms with Crippen molar-refractivity contribution < 1.29 is 34.4 Å². The van der Waals surface area contributed by atoms with Crippen LogP contribution in [0.3, 0.4) is 0 Å². The van der Waals surface area contributed by atoms with Gasteiger partial charge >= 0.3 is 5.97 Å². The normalized spacial score (nSPS) is 37.1. The third kappa shape index (κ3) is 5.38. The molecular weight excluding hydrogens is 747 g/mol. The Morgan fingerprint density at radius 1 is 1.05 bits per heavy atom. The molecule has 2 bridgehead atoms. The molecule has 6 heterocycles. The number of methoxy groups -OCH3 is 2.